The molecule has 2 N–H and O–H groups in total. The third-order valence-electron chi connectivity index (χ3n) is 3.58. The summed E-state index contributed by atoms with van der Waals surface area (Å²) >= 11 is 0. The van der Waals surface area contributed by atoms with Crippen LogP contribution in [0.3, 0.4) is 0 Å². The standard InChI is InChI=1S/C14H21FN2O2/c1-17(9-10-3-5-19-6-4-10)13-8-14(18-2)12(16)7-11(13)15/h7-8,10H,3-6,9,16H2,1-2H3. The second-order valence-electron chi connectivity index (χ2n) is 4.98. The third kappa shape index (κ3) is 3.29. The van der Waals surface area contributed by atoms with E-state index in [-0.39, 0.29) is 5.82 Å². The molecule has 19 heavy (non-hydrogen) atoms. The molecule has 5 heteroatoms. The SMILES string of the molecule is COc1cc(N(C)CC2CCOCC2)c(F)cc1N. The van der Waals surface area contributed by atoms with E-state index in [9.17, 15) is 4.39 Å². The highest BCUT2D eigenvalue weighted by atomic mass is 19.1. The number of nitrogens with two attached hydrogens (primary N) is 1. The highest BCUT2D eigenvalue weighted by Gasteiger charge is 2.18. The summed E-state index contributed by atoms with van der Waals surface area (Å²) in [5, 5.41) is 0. The van der Waals surface area contributed by atoms with Crippen molar-refractivity contribution in [1.82, 2.24) is 0 Å². The predicted octanol–water partition coefficient (Wildman–Crippen LogP) is 2.28. The molecule has 106 valence electrons. The van der Waals surface area contributed by atoms with Crippen LogP contribution in [0, 0.1) is 11.7 Å². The molecule has 0 bridgehead atoms. The first-order valence-corrected chi connectivity index (χ1v) is 6.53. The molecule has 1 aromatic rings. The van der Waals surface area contributed by atoms with Gasteiger partial charge in [0, 0.05) is 38.9 Å². The molecule has 0 spiro atoms. The minimum atomic E-state index is -0.312. The molecule has 0 atom stereocenters. The summed E-state index contributed by atoms with van der Waals surface area (Å²) in [6, 6.07) is 2.97. The van der Waals surface area contributed by atoms with E-state index in [0.717, 1.165) is 32.6 Å². The summed E-state index contributed by atoms with van der Waals surface area (Å²) in [6.45, 7) is 2.41. The molecule has 0 aliphatic carbocycles. The van der Waals surface area contributed by atoms with E-state index < -0.39 is 0 Å². The topological polar surface area (TPSA) is 47.7 Å². The molecule has 0 radical (unpaired) electrons. The Labute approximate surface area is 113 Å². The van der Waals surface area contributed by atoms with Crippen LogP contribution in [0.5, 0.6) is 5.75 Å². The number of anilines is 2. The van der Waals surface area contributed by atoms with Gasteiger partial charge in [0.1, 0.15) is 11.6 Å². The molecule has 1 fully saturated rings. The van der Waals surface area contributed by atoms with Crippen LogP contribution in [0.25, 0.3) is 0 Å². The van der Waals surface area contributed by atoms with E-state index in [2.05, 4.69) is 0 Å². The van der Waals surface area contributed by atoms with Gasteiger partial charge in [0.15, 0.2) is 0 Å². The van der Waals surface area contributed by atoms with Crippen LogP contribution in [0.2, 0.25) is 0 Å². The zero-order chi connectivity index (χ0) is 13.8. The number of ether oxygens (including phenoxy) is 2. The number of halogens is 1. The smallest absolute Gasteiger partial charge is 0.148 e. The molecule has 2 rings (SSSR count). The summed E-state index contributed by atoms with van der Waals surface area (Å²) in [5.74, 6) is 0.741. The van der Waals surface area contributed by atoms with Crippen LogP contribution in [0.1, 0.15) is 12.8 Å². The highest BCUT2D eigenvalue weighted by Crippen LogP contribution is 2.31. The lowest BCUT2D eigenvalue weighted by Gasteiger charge is -2.29. The monoisotopic (exact) mass is 268 g/mol. The van der Waals surface area contributed by atoms with Gasteiger partial charge in [-0.05, 0) is 18.8 Å². The van der Waals surface area contributed by atoms with Gasteiger partial charge in [-0.3, -0.25) is 0 Å². The number of hydrogen-bond acceptors (Lipinski definition) is 4. The van der Waals surface area contributed by atoms with Crippen molar-refractivity contribution in [2.24, 2.45) is 5.92 Å². The summed E-state index contributed by atoms with van der Waals surface area (Å²) < 4.78 is 24.4. The Kier molecular flexibility index (Phi) is 4.47. The van der Waals surface area contributed by atoms with Gasteiger partial charge in [0.25, 0.3) is 0 Å². The Balaban J connectivity index is 2.11. The van der Waals surface area contributed by atoms with E-state index in [0.29, 0.717) is 23.0 Å². The van der Waals surface area contributed by atoms with Gasteiger partial charge in [-0.15, -0.1) is 0 Å². The first kappa shape index (κ1) is 13.9. The molecular formula is C14H21FN2O2. The summed E-state index contributed by atoms with van der Waals surface area (Å²) in [4.78, 5) is 1.92. The van der Waals surface area contributed by atoms with Crippen molar-refractivity contribution in [1.29, 1.82) is 0 Å². The maximum absolute atomic E-state index is 14.0. The van der Waals surface area contributed by atoms with Crippen LogP contribution in [0.15, 0.2) is 12.1 Å². The van der Waals surface area contributed by atoms with E-state index in [1.165, 1.54) is 13.2 Å². The van der Waals surface area contributed by atoms with Crippen LogP contribution in [0.4, 0.5) is 15.8 Å². The maximum atomic E-state index is 14.0. The van der Waals surface area contributed by atoms with Gasteiger partial charge in [0.05, 0.1) is 18.5 Å². The van der Waals surface area contributed by atoms with Crippen molar-refractivity contribution in [3.8, 4) is 5.75 Å². The van der Waals surface area contributed by atoms with Crippen molar-refractivity contribution < 1.29 is 13.9 Å². The molecule has 0 aromatic heterocycles. The summed E-state index contributed by atoms with van der Waals surface area (Å²) in [5.41, 5.74) is 6.53. The maximum Gasteiger partial charge on any atom is 0.148 e. The quantitative estimate of drug-likeness (QED) is 0.851. The van der Waals surface area contributed by atoms with Crippen molar-refractivity contribution in [2.75, 3.05) is 44.5 Å². The molecule has 1 saturated heterocycles. The molecule has 0 amide bonds. The predicted molar refractivity (Wildman–Crippen MR) is 74.2 cm³/mol. The lowest BCUT2D eigenvalue weighted by atomic mass is 9.99. The molecule has 1 heterocycles. The molecule has 0 saturated carbocycles. The van der Waals surface area contributed by atoms with Crippen LogP contribution in [-0.2, 0) is 4.74 Å². The van der Waals surface area contributed by atoms with Crippen LogP contribution < -0.4 is 15.4 Å². The Hall–Kier alpha value is -1.49. The molecule has 4 nitrogen and oxygen atoms in total. The van der Waals surface area contributed by atoms with Gasteiger partial charge in [0.2, 0.25) is 0 Å². The molecular weight excluding hydrogens is 247 g/mol. The van der Waals surface area contributed by atoms with Crippen LogP contribution >= 0.6 is 0 Å². The fraction of sp³-hybridized carbons (Fsp3) is 0.571. The summed E-state index contributed by atoms with van der Waals surface area (Å²) in [7, 11) is 3.43. The van der Waals surface area contributed by atoms with E-state index in [1.807, 2.05) is 11.9 Å². The molecule has 1 aliphatic rings. The fourth-order valence-corrected chi connectivity index (χ4v) is 2.44. The van der Waals surface area contributed by atoms with E-state index in [1.54, 1.807) is 6.07 Å². The van der Waals surface area contributed by atoms with Crippen molar-refractivity contribution in [3.63, 3.8) is 0 Å². The highest BCUT2D eigenvalue weighted by molar-refractivity contribution is 5.63. The fourth-order valence-electron chi connectivity index (χ4n) is 2.44. The van der Waals surface area contributed by atoms with Gasteiger partial charge < -0.3 is 20.1 Å². The minimum absolute atomic E-state index is 0.312. The second-order valence-corrected chi connectivity index (χ2v) is 4.98. The number of nitrogen functional groups attached to an aromatic ring is 1. The zero-order valence-corrected chi connectivity index (χ0v) is 11.5. The third-order valence-corrected chi connectivity index (χ3v) is 3.58. The first-order chi connectivity index (χ1) is 9.11. The van der Waals surface area contributed by atoms with Crippen molar-refractivity contribution >= 4 is 11.4 Å². The summed E-state index contributed by atoms with van der Waals surface area (Å²) in [6.07, 6.45) is 2.05. The van der Waals surface area contributed by atoms with Crippen LogP contribution in [-0.4, -0.2) is 33.9 Å². The lowest BCUT2D eigenvalue weighted by Crippen LogP contribution is -2.30. The lowest BCUT2D eigenvalue weighted by molar-refractivity contribution is 0.0685. The van der Waals surface area contributed by atoms with E-state index in [4.69, 9.17) is 15.2 Å². The van der Waals surface area contributed by atoms with Crippen molar-refractivity contribution in [3.05, 3.63) is 17.9 Å². The van der Waals surface area contributed by atoms with Crippen molar-refractivity contribution in [2.45, 2.75) is 12.8 Å². The van der Waals surface area contributed by atoms with Gasteiger partial charge in [-0.25, -0.2) is 4.39 Å². The number of rotatable bonds is 4. The Bertz CT molecular complexity index is 434. The van der Waals surface area contributed by atoms with Gasteiger partial charge in [-0.1, -0.05) is 0 Å². The van der Waals surface area contributed by atoms with E-state index >= 15 is 0 Å². The normalized spacial score (nSPS) is 16.4. The number of methoxy groups -OCH3 is 1. The Morgan fingerprint density at radius 2 is 2.11 bits per heavy atom. The molecule has 0 unspecified atom stereocenters. The van der Waals surface area contributed by atoms with Gasteiger partial charge >= 0.3 is 0 Å². The second kappa shape index (κ2) is 6.10. The molecule has 1 aliphatic heterocycles. The molecule has 1 aromatic carbocycles. The largest absolute Gasteiger partial charge is 0.495 e. The average Bonchev–Trinajstić information content (AvgIpc) is 2.40. The Morgan fingerprint density at radius 3 is 2.74 bits per heavy atom. The number of benzene rings is 1. The van der Waals surface area contributed by atoms with Gasteiger partial charge in [-0.2, -0.15) is 0 Å². The zero-order valence-electron chi connectivity index (χ0n) is 11.5. The first-order valence-electron chi connectivity index (χ1n) is 6.53. The number of nitrogens with zero attached hydrogens (tertiary/aromatic N) is 1. The average molecular weight is 268 g/mol. The Morgan fingerprint density at radius 1 is 1.42 bits per heavy atom. The number of hydrogen-bond donors (Lipinski definition) is 1. The minimum Gasteiger partial charge on any atom is -0.495 e.